The smallest absolute Gasteiger partial charge is 0.311 e. The van der Waals surface area contributed by atoms with Gasteiger partial charge in [0.2, 0.25) is 0 Å². The molecule has 2 aromatic carbocycles. The monoisotopic (exact) mass is 347 g/mol. The van der Waals surface area contributed by atoms with E-state index in [9.17, 15) is 14.7 Å². The highest BCUT2D eigenvalue weighted by atomic mass is 35.5. The highest BCUT2D eigenvalue weighted by molar-refractivity contribution is 6.31. The predicted octanol–water partition coefficient (Wildman–Crippen LogP) is 2.84. The van der Waals surface area contributed by atoms with Crippen molar-refractivity contribution in [3.63, 3.8) is 0 Å². The zero-order valence-electron chi connectivity index (χ0n) is 13.2. The summed E-state index contributed by atoms with van der Waals surface area (Å²) in [5, 5.41) is 12.5. The lowest BCUT2D eigenvalue weighted by atomic mass is 10.1. The number of hydrogen-bond acceptors (Lipinski definition) is 4. The lowest BCUT2D eigenvalue weighted by Gasteiger charge is -2.14. The van der Waals surface area contributed by atoms with Crippen molar-refractivity contribution in [2.75, 3.05) is 0 Å². The van der Waals surface area contributed by atoms with Gasteiger partial charge in [0.05, 0.1) is 6.42 Å². The molecule has 0 fully saturated rings. The van der Waals surface area contributed by atoms with Crippen LogP contribution in [0, 0.1) is 0 Å². The van der Waals surface area contributed by atoms with E-state index in [-0.39, 0.29) is 18.7 Å². The summed E-state index contributed by atoms with van der Waals surface area (Å²) >= 11 is 6.02. The largest absolute Gasteiger partial charge is 0.508 e. The van der Waals surface area contributed by atoms with E-state index in [0.29, 0.717) is 10.6 Å². The van der Waals surface area contributed by atoms with Gasteiger partial charge in [-0.3, -0.25) is 9.59 Å². The zero-order valence-corrected chi connectivity index (χ0v) is 13.9. The molecule has 0 unspecified atom stereocenters. The zero-order chi connectivity index (χ0) is 17.5. The summed E-state index contributed by atoms with van der Waals surface area (Å²) in [5.74, 6) is -0.783. The van der Waals surface area contributed by atoms with Crippen molar-refractivity contribution in [3.8, 4) is 5.75 Å². The van der Waals surface area contributed by atoms with Crippen LogP contribution in [0.2, 0.25) is 5.02 Å². The van der Waals surface area contributed by atoms with Gasteiger partial charge in [0.1, 0.15) is 5.75 Å². The highest BCUT2D eigenvalue weighted by Gasteiger charge is 2.18. The van der Waals surface area contributed by atoms with Crippen molar-refractivity contribution < 1.29 is 19.4 Å². The molecule has 5 nitrogen and oxygen atoms in total. The van der Waals surface area contributed by atoms with Crippen molar-refractivity contribution >= 4 is 23.5 Å². The Morgan fingerprint density at radius 3 is 2.50 bits per heavy atom. The van der Waals surface area contributed by atoms with Gasteiger partial charge in [0.25, 0.3) is 5.91 Å². The van der Waals surface area contributed by atoms with E-state index in [4.69, 9.17) is 16.3 Å². The average Bonchev–Trinajstić information content (AvgIpc) is 2.56. The molecule has 126 valence electrons. The van der Waals surface area contributed by atoms with E-state index >= 15 is 0 Å². The number of benzene rings is 2. The van der Waals surface area contributed by atoms with Crippen LogP contribution in [0.5, 0.6) is 5.75 Å². The molecule has 24 heavy (non-hydrogen) atoms. The van der Waals surface area contributed by atoms with Crippen molar-refractivity contribution in [3.05, 3.63) is 64.7 Å². The Labute approximate surface area is 145 Å². The number of phenols is 1. The number of aromatic hydroxyl groups is 1. The van der Waals surface area contributed by atoms with Gasteiger partial charge >= 0.3 is 5.97 Å². The normalized spacial score (nSPS) is 11.6. The molecule has 0 radical (unpaired) electrons. The van der Waals surface area contributed by atoms with Crippen LogP contribution in [-0.2, 0) is 27.3 Å². The number of carbonyl (C=O) groups is 2. The lowest BCUT2D eigenvalue weighted by Crippen LogP contribution is -2.35. The Hall–Kier alpha value is -2.53. The Balaban J connectivity index is 1.81. The first-order chi connectivity index (χ1) is 11.5. The summed E-state index contributed by atoms with van der Waals surface area (Å²) in [6, 6.07) is 13.4. The van der Waals surface area contributed by atoms with Crippen molar-refractivity contribution in [2.24, 2.45) is 0 Å². The molecule has 0 spiro atoms. The molecule has 6 heteroatoms. The average molecular weight is 348 g/mol. The van der Waals surface area contributed by atoms with Crippen LogP contribution in [0.3, 0.4) is 0 Å². The molecular formula is C18H18ClNO4. The van der Waals surface area contributed by atoms with Gasteiger partial charge in [0, 0.05) is 11.6 Å². The third kappa shape index (κ3) is 5.28. The quantitative estimate of drug-likeness (QED) is 0.788. The first-order valence-corrected chi connectivity index (χ1v) is 7.82. The molecule has 0 heterocycles. The maximum absolute atomic E-state index is 12.0. The molecule has 0 aliphatic heterocycles. The molecule has 0 saturated heterocycles. The number of rotatable bonds is 6. The third-order valence-electron chi connectivity index (χ3n) is 3.37. The van der Waals surface area contributed by atoms with Crippen LogP contribution in [0.4, 0.5) is 0 Å². The first kappa shape index (κ1) is 17.8. The summed E-state index contributed by atoms with van der Waals surface area (Å²) < 4.78 is 5.12. The molecule has 1 amide bonds. The lowest BCUT2D eigenvalue weighted by molar-refractivity contribution is -0.154. The molecule has 0 saturated carbocycles. The maximum atomic E-state index is 12.0. The minimum Gasteiger partial charge on any atom is -0.508 e. The molecule has 0 aliphatic rings. The fourth-order valence-corrected chi connectivity index (χ4v) is 2.24. The van der Waals surface area contributed by atoms with Crippen molar-refractivity contribution in [1.82, 2.24) is 5.32 Å². The van der Waals surface area contributed by atoms with Crippen molar-refractivity contribution in [1.29, 1.82) is 0 Å². The fraction of sp³-hybridized carbons (Fsp3) is 0.222. The van der Waals surface area contributed by atoms with E-state index < -0.39 is 18.0 Å². The van der Waals surface area contributed by atoms with E-state index in [1.54, 1.807) is 24.3 Å². The molecule has 0 aromatic heterocycles. The summed E-state index contributed by atoms with van der Waals surface area (Å²) in [6.45, 7) is 1.77. The number of amides is 1. The van der Waals surface area contributed by atoms with Gasteiger partial charge in [-0.1, -0.05) is 41.9 Å². The molecule has 0 aliphatic carbocycles. The Morgan fingerprint density at radius 2 is 1.83 bits per heavy atom. The number of halogens is 1. The number of esters is 1. The molecule has 2 rings (SSSR count). The topological polar surface area (TPSA) is 75.6 Å². The number of ether oxygens (including phenoxy) is 1. The van der Waals surface area contributed by atoms with Gasteiger partial charge in [-0.25, -0.2) is 0 Å². The Kier molecular flexibility index (Phi) is 6.21. The van der Waals surface area contributed by atoms with Gasteiger partial charge in [-0.15, -0.1) is 0 Å². The summed E-state index contributed by atoms with van der Waals surface area (Å²) in [5.41, 5.74) is 1.48. The Bertz CT molecular complexity index is 715. The molecule has 1 atom stereocenters. The van der Waals surface area contributed by atoms with Crippen LogP contribution in [0.1, 0.15) is 18.1 Å². The number of nitrogens with one attached hydrogen (secondary N) is 1. The summed E-state index contributed by atoms with van der Waals surface area (Å²) in [6.07, 6.45) is -0.875. The van der Waals surface area contributed by atoms with E-state index in [1.807, 2.05) is 12.1 Å². The van der Waals surface area contributed by atoms with E-state index in [0.717, 1.165) is 5.56 Å². The summed E-state index contributed by atoms with van der Waals surface area (Å²) in [7, 11) is 0. The maximum Gasteiger partial charge on any atom is 0.311 e. The Morgan fingerprint density at radius 1 is 1.17 bits per heavy atom. The number of hydrogen-bond donors (Lipinski definition) is 2. The highest BCUT2D eigenvalue weighted by Crippen LogP contribution is 2.14. The van der Waals surface area contributed by atoms with Crippen LogP contribution in [0.25, 0.3) is 0 Å². The van der Waals surface area contributed by atoms with Crippen LogP contribution in [0.15, 0.2) is 48.5 Å². The van der Waals surface area contributed by atoms with Crippen molar-refractivity contribution in [2.45, 2.75) is 26.0 Å². The molecule has 2 N–H and O–H groups in total. The predicted molar refractivity (Wildman–Crippen MR) is 90.7 cm³/mol. The second-order valence-corrected chi connectivity index (χ2v) is 5.69. The van der Waals surface area contributed by atoms with Gasteiger partial charge in [-0.05, 0) is 36.2 Å². The molecule has 0 bridgehead atoms. The van der Waals surface area contributed by atoms with Crippen LogP contribution < -0.4 is 5.32 Å². The fourth-order valence-electron chi connectivity index (χ4n) is 2.04. The second-order valence-electron chi connectivity index (χ2n) is 5.28. The summed E-state index contributed by atoms with van der Waals surface area (Å²) in [4.78, 5) is 23.9. The SMILES string of the molecule is C[C@@H](OC(=O)Cc1ccc(O)cc1)C(=O)NCc1ccccc1Cl. The third-order valence-corrected chi connectivity index (χ3v) is 3.74. The van der Waals surface area contributed by atoms with Gasteiger partial charge in [-0.2, -0.15) is 0 Å². The minimum absolute atomic E-state index is 0.0302. The minimum atomic E-state index is -0.905. The van der Waals surface area contributed by atoms with Gasteiger partial charge in [0.15, 0.2) is 6.10 Å². The number of carbonyl (C=O) groups excluding carboxylic acids is 2. The van der Waals surface area contributed by atoms with Gasteiger partial charge < -0.3 is 15.2 Å². The first-order valence-electron chi connectivity index (χ1n) is 7.44. The standard InChI is InChI=1S/C18H18ClNO4/c1-12(18(23)20-11-14-4-2-3-5-16(14)19)24-17(22)10-13-6-8-15(21)9-7-13/h2-9,12,21H,10-11H2,1H3,(H,20,23)/t12-/m1/s1. The molecule has 2 aromatic rings. The van der Waals surface area contributed by atoms with E-state index in [1.165, 1.54) is 19.1 Å². The van der Waals surface area contributed by atoms with Crippen LogP contribution >= 0.6 is 11.6 Å². The molecular weight excluding hydrogens is 330 g/mol. The second kappa shape index (κ2) is 8.36. The van der Waals surface area contributed by atoms with Crippen LogP contribution in [-0.4, -0.2) is 23.1 Å². The van der Waals surface area contributed by atoms with E-state index in [2.05, 4.69) is 5.32 Å². The number of phenolic OH excluding ortho intramolecular Hbond substituents is 1.